The lowest BCUT2D eigenvalue weighted by Crippen LogP contribution is -2.62. The molecule has 4 aliphatic heterocycles. The van der Waals surface area contributed by atoms with E-state index in [4.69, 9.17) is 9.79 Å². The van der Waals surface area contributed by atoms with E-state index in [1.807, 2.05) is 0 Å². The number of rotatable bonds is 6. The van der Waals surface area contributed by atoms with Crippen LogP contribution < -0.4 is 5.32 Å². The molecule has 1 saturated carbocycles. The molecule has 1 aromatic heterocycles. The van der Waals surface area contributed by atoms with Crippen LogP contribution in [0.1, 0.15) is 53.8 Å². The fraction of sp³-hybridized carbons (Fsp3) is 0.600. The van der Waals surface area contributed by atoms with Crippen LogP contribution >= 0.6 is 18.9 Å². The number of β-amino-alcohol motifs (C(OH)–C–C–N with tert-alkyl or cyclic N) is 1. The molecule has 46 heavy (non-hydrogen) atoms. The summed E-state index contributed by atoms with van der Waals surface area (Å²) in [4.78, 5) is 77.2. The van der Waals surface area contributed by atoms with Gasteiger partial charge in [0.05, 0.1) is 16.9 Å². The number of aliphatic hydroxyl groups excluding tert-OH is 1. The Balaban J connectivity index is 1.05. The zero-order valence-corrected chi connectivity index (χ0v) is 26.5. The molecule has 0 bridgehead atoms. The van der Waals surface area contributed by atoms with Crippen LogP contribution in [0.3, 0.4) is 0 Å². The van der Waals surface area contributed by atoms with Crippen LogP contribution in [-0.2, 0) is 24.6 Å². The number of thiophene rings is 1. The number of benzene rings is 1. The molecule has 5 fully saturated rings. The van der Waals surface area contributed by atoms with Crippen molar-refractivity contribution >= 4 is 52.6 Å². The first-order chi connectivity index (χ1) is 21.7. The summed E-state index contributed by atoms with van der Waals surface area (Å²) in [7, 11) is -5.77. The largest absolute Gasteiger partial charge is 0.399 e. The zero-order valence-electron chi connectivity index (χ0n) is 24.8. The number of alkyl halides is 2. The number of hydrogen-bond donors (Lipinski definition) is 4. The van der Waals surface area contributed by atoms with Gasteiger partial charge in [-0.15, -0.1) is 11.3 Å². The molecule has 248 valence electrons. The van der Waals surface area contributed by atoms with Gasteiger partial charge in [-0.3, -0.25) is 23.7 Å². The van der Waals surface area contributed by atoms with Crippen LogP contribution in [0.15, 0.2) is 24.3 Å². The average Bonchev–Trinajstić information content (AvgIpc) is 3.32. The highest BCUT2D eigenvalue weighted by molar-refractivity contribution is 7.52. The van der Waals surface area contributed by atoms with E-state index in [1.54, 1.807) is 14.7 Å². The van der Waals surface area contributed by atoms with E-state index in [-0.39, 0.29) is 59.0 Å². The number of carbonyl (C=O) groups is 4. The number of nitrogens with zero attached hydrogens (tertiary/aromatic N) is 3. The highest BCUT2D eigenvalue weighted by atomic mass is 32.1. The Morgan fingerprint density at radius 3 is 2.39 bits per heavy atom. The van der Waals surface area contributed by atoms with Crippen LogP contribution in [0.25, 0.3) is 10.1 Å². The Kier molecular flexibility index (Phi) is 7.79. The molecule has 5 aliphatic rings. The number of halogens is 2. The Morgan fingerprint density at radius 1 is 0.957 bits per heavy atom. The molecule has 0 unspecified atom stereocenters. The Morgan fingerprint density at radius 2 is 1.70 bits per heavy atom. The first kappa shape index (κ1) is 31.6. The fourth-order valence-electron chi connectivity index (χ4n) is 7.60. The highest BCUT2D eigenvalue weighted by Gasteiger charge is 2.53. The Labute approximate surface area is 266 Å². The average molecular weight is 681 g/mol. The van der Waals surface area contributed by atoms with Gasteiger partial charge in [0.2, 0.25) is 17.7 Å². The van der Waals surface area contributed by atoms with Crippen molar-refractivity contribution in [3.63, 3.8) is 0 Å². The normalized spacial score (nSPS) is 30.0. The third-order valence-corrected chi connectivity index (χ3v) is 12.4. The Bertz CT molecular complexity index is 1660. The smallest absolute Gasteiger partial charge is 0.391 e. The molecule has 7 rings (SSSR count). The van der Waals surface area contributed by atoms with Gasteiger partial charge >= 0.3 is 13.3 Å². The van der Waals surface area contributed by atoms with Gasteiger partial charge in [-0.25, -0.2) is 0 Å². The fourth-order valence-corrected chi connectivity index (χ4v) is 9.02. The lowest BCUT2D eigenvalue weighted by atomic mass is 9.96. The molecule has 4 amide bonds. The molecule has 1 aliphatic carbocycles. The lowest BCUT2D eigenvalue weighted by molar-refractivity contribution is -0.155. The van der Waals surface area contributed by atoms with Crippen molar-refractivity contribution in [3.8, 4) is 0 Å². The maximum absolute atomic E-state index is 14.3. The monoisotopic (exact) mass is 680 g/mol. The Hall–Kier alpha value is -2.97. The van der Waals surface area contributed by atoms with Crippen molar-refractivity contribution in [2.45, 2.75) is 68.4 Å². The minimum Gasteiger partial charge on any atom is -0.391 e. The standard InChI is InChI=1S/C30H35F2N4O8PS/c31-30(32,45(42,43)44)19-1-4-24-17(8-19)11-25(46-24)26(38)33-22-10-16-7-15(16)9-20-2-3-23(36(20)28(22)40)29(41)35-12-18(13-35)27(39)34-6-5-21(37)14-34/h1,4,8,11,15-16,18,20-23,37H,2-3,5-7,9-10,12-14H2,(H,33,38)(H2,42,43,44)/t15-,16+,20-,21-,22+,23+/m1/s1. The zero-order chi connectivity index (χ0) is 32.7. The molecule has 16 heteroatoms. The lowest BCUT2D eigenvalue weighted by Gasteiger charge is -2.43. The number of likely N-dealkylation sites (tertiary alicyclic amines) is 2. The van der Waals surface area contributed by atoms with Crippen molar-refractivity contribution in [1.82, 2.24) is 20.0 Å². The van der Waals surface area contributed by atoms with Gasteiger partial charge in [0.1, 0.15) is 12.1 Å². The summed E-state index contributed by atoms with van der Waals surface area (Å²) in [6.07, 6.45) is 3.36. The minimum absolute atomic E-state index is 0.0669. The van der Waals surface area contributed by atoms with E-state index in [1.165, 1.54) is 12.1 Å². The van der Waals surface area contributed by atoms with Gasteiger partial charge < -0.3 is 34.9 Å². The summed E-state index contributed by atoms with van der Waals surface area (Å²) in [5.41, 5.74) is -5.25. The molecular weight excluding hydrogens is 645 g/mol. The quantitative estimate of drug-likeness (QED) is 0.337. The van der Waals surface area contributed by atoms with Crippen molar-refractivity contribution in [3.05, 3.63) is 34.7 Å². The molecular formula is C30H35F2N4O8PS. The second-order valence-electron chi connectivity index (χ2n) is 13.4. The third kappa shape index (κ3) is 5.53. The van der Waals surface area contributed by atoms with Crippen LogP contribution in [0.2, 0.25) is 0 Å². The predicted octanol–water partition coefficient (Wildman–Crippen LogP) is 2.07. The van der Waals surface area contributed by atoms with Crippen molar-refractivity contribution in [2.24, 2.45) is 17.8 Å². The highest BCUT2D eigenvalue weighted by Crippen LogP contribution is 2.59. The SMILES string of the molecule is O=C(N[C@H]1C[C@@H]2C[C@@H]2C[C@H]2CC[C@@H](C(=O)N3CC(C(=O)N4CC[C@@H](O)C4)C3)N2C1=O)c1cc2cc(C(F)(F)P(=O)(O)O)ccc2s1. The van der Waals surface area contributed by atoms with Crippen molar-refractivity contribution < 1.29 is 47.4 Å². The summed E-state index contributed by atoms with van der Waals surface area (Å²) >= 11 is 1.01. The number of hydrogen-bond acceptors (Lipinski definition) is 7. The second-order valence-corrected chi connectivity index (χ2v) is 16.1. The maximum Gasteiger partial charge on any atom is 0.399 e. The van der Waals surface area contributed by atoms with Crippen LogP contribution in [0.4, 0.5) is 8.78 Å². The van der Waals surface area contributed by atoms with Gasteiger partial charge in [-0.1, -0.05) is 6.07 Å². The van der Waals surface area contributed by atoms with Crippen LogP contribution in [0.5, 0.6) is 0 Å². The summed E-state index contributed by atoms with van der Waals surface area (Å²) in [6.45, 7) is 1.35. The van der Waals surface area contributed by atoms with Crippen molar-refractivity contribution in [1.29, 1.82) is 0 Å². The first-order valence-corrected chi connectivity index (χ1v) is 18.0. The van der Waals surface area contributed by atoms with Crippen molar-refractivity contribution in [2.75, 3.05) is 26.2 Å². The second kappa shape index (κ2) is 11.3. The van der Waals surface area contributed by atoms with Gasteiger partial charge in [0.15, 0.2) is 0 Å². The number of carbonyl (C=O) groups excluding carboxylic acids is 4. The van der Waals surface area contributed by atoms with E-state index >= 15 is 0 Å². The molecule has 0 radical (unpaired) electrons. The molecule has 6 atom stereocenters. The molecule has 5 heterocycles. The molecule has 12 nitrogen and oxygen atoms in total. The van der Waals surface area contributed by atoms with E-state index in [0.29, 0.717) is 49.4 Å². The predicted molar refractivity (Wildman–Crippen MR) is 161 cm³/mol. The maximum atomic E-state index is 14.3. The summed E-state index contributed by atoms with van der Waals surface area (Å²) in [5.74, 6) is -0.825. The minimum atomic E-state index is -5.77. The third-order valence-electron chi connectivity index (χ3n) is 10.3. The van der Waals surface area contributed by atoms with E-state index < -0.39 is 42.9 Å². The van der Waals surface area contributed by atoms with E-state index in [2.05, 4.69) is 5.32 Å². The van der Waals surface area contributed by atoms with Crippen LogP contribution in [-0.4, -0.2) is 104 Å². The number of fused-ring (bicyclic) bond motifs is 3. The van der Waals surface area contributed by atoms with Crippen LogP contribution in [0, 0.1) is 17.8 Å². The topological polar surface area (TPSA) is 168 Å². The number of amides is 4. The first-order valence-electron chi connectivity index (χ1n) is 15.6. The molecule has 2 aromatic rings. The molecule has 0 spiro atoms. The van der Waals surface area contributed by atoms with Gasteiger partial charge in [-0.05, 0) is 73.9 Å². The number of nitrogens with one attached hydrogen (secondary N) is 1. The van der Waals surface area contributed by atoms with Gasteiger partial charge in [0, 0.05) is 42.5 Å². The summed E-state index contributed by atoms with van der Waals surface area (Å²) in [5, 5.41) is 12.8. The van der Waals surface area contributed by atoms with E-state index in [0.717, 1.165) is 36.3 Å². The van der Waals surface area contributed by atoms with E-state index in [9.17, 15) is 37.6 Å². The molecule has 4 N–H and O–H groups in total. The molecule has 4 saturated heterocycles. The van der Waals surface area contributed by atoms with Gasteiger partial charge in [-0.2, -0.15) is 8.78 Å². The molecule has 1 aromatic carbocycles. The summed E-state index contributed by atoms with van der Waals surface area (Å²) in [6, 6.07) is 2.81. The van der Waals surface area contributed by atoms with Gasteiger partial charge in [0.25, 0.3) is 5.91 Å². The number of aliphatic hydroxyl groups is 1. The summed E-state index contributed by atoms with van der Waals surface area (Å²) < 4.78 is 40.4.